The predicted octanol–water partition coefficient (Wildman–Crippen LogP) is 4.14. The van der Waals surface area contributed by atoms with Crippen LogP contribution in [0.15, 0.2) is 42.5 Å². The second-order valence-corrected chi connectivity index (χ2v) is 5.04. The zero-order chi connectivity index (χ0) is 13.7. The summed E-state index contributed by atoms with van der Waals surface area (Å²) >= 11 is 0. The van der Waals surface area contributed by atoms with Crippen LogP contribution < -0.4 is 10.6 Å². The van der Waals surface area contributed by atoms with E-state index in [1.807, 2.05) is 0 Å². The fourth-order valence-electron chi connectivity index (χ4n) is 2.09. The Morgan fingerprint density at radius 3 is 2.05 bits per heavy atom. The third kappa shape index (κ3) is 4.02. The van der Waals surface area contributed by atoms with E-state index in [-0.39, 0.29) is 0 Å². The summed E-state index contributed by atoms with van der Waals surface area (Å²) in [5.41, 5.74) is 6.29. The van der Waals surface area contributed by atoms with Crippen LogP contribution in [0.4, 0.5) is 11.4 Å². The van der Waals surface area contributed by atoms with Gasteiger partial charge in [-0.15, -0.1) is 0 Å². The highest BCUT2D eigenvalue weighted by Gasteiger charge is 1.97. The summed E-state index contributed by atoms with van der Waals surface area (Å²) in [6, 6.07) is 15.0. The number of hydrogen-bond acceptors (Lipinski definition) is 2. The summed E-state index contributed by atoms with van der Waals surface area (Å²) < 4.78 is 0. The minimum Gasteiger partial charge on any atom is -0.383 e. The molecular weight excluding hydrogens is 232 g/mol. The fraction of sp³-hybridized carbons (Fsp3) is 0.294. The average Bonchev–Trinajstić information content (AvgIpc) is 2.39. The van der Waals surface area contributed by atoms with Crippen LogP contribution in [-0.4, -0.2) is 13.1 Å². The number of rotatable bonds is 5. The lowest BCUT2D eigenvalue weighted by Gasteiger charge is -2.11. The molecule has 0 heterocycles. The van der Waals surface area contributed by atoms with Crippen molar-refractivity contribution in [1.82, 2.24) is 0 Å². The van der Waals surface area contributed by atoms with Crippen LogP contribution in [0.3, 0.4) is 0 Å². The monoisotopic (exact) mass is 254 g/mol. The summed E-state index contributed by atoms with van der Waals surface area (Å²) in [6.45, 7) is 8.19. The van der Waals surface area contributed by atoms with Gasteiger partial charge in [0.05, 0.1) is 0 Å². The molecule has 2 aromatic carbocycles. The van der Waals surface area contributed by atoms with Crippen molar-refractivity contribution >= 4 is 11.4 Å². The van der Waals surface area contributed by atoms with Gasteiger partial charge in [-0.2, -0.15) is 0 Å². The normalized spacial score (nSPS) is 10.3. The molecule has 0 aliphatic heterocycles. The summed E-state index contributed by atoms with van der Waals surface area (Å²) in [5, 5.41) is 6.87. The Bertz CT molecular complexity index is 529. The molecule has 2 N–H and O–H groups in total. The summed E-state index contributed by atoms with van der Waals surface area (Å²) in [4.78, 5) is 0. The molecule has 19 heavy (non-hydrogen) atoms. The first-order valence-corrected chi connectivity index (χ1v) is 6.77. The standard InChI is InChI=1S/C17H22N2/c1-13-4-7-16(8-5-13)18-10-11-19-17-9-6-14(2)12-15(17)3/h4-9,12,18-19H,10-11H2,1-3H3. The van der Waals surface area contributed by atoms with E-state index in [2.05, 4.69) is 73.9 Å². The smallest absolute Gasteiger partial charge is 0.0370 e. The predicted molar refractivity (Wildman–Crippen MR) is 84.1 cm³/mol. The second kappa shape index (κ2) is 6.28. The Morgan fingerprint density at radius 1 is 0.737 bits per heavy atom. The minimum atomic E-state index is 0.913. The minimum absolute atomic E-state index is 0.913. The summed E-state index contributed by atoms with van der Waals surface area (Å²) in [7, 11) is 0. The molecule has 0 atom stereocenters. The van der Waals surface area contributed by atoms with Gasteiger partial charge in [0, 0.05) is 24.5 Å². The van der Waals surface area contributed by atoms with Crippen LogP contribution >= 0.6 is 0 Å². The molecule has 2 nitrogen and oxygen atoms in total. The number of anilines is 2. The van der Waals surface area contributed by atoms with Gasteiger partial charge in [0.2, 0.25) is 0 Å². The summed E-state index contributed by atoms with van der Waals surface area (Å²) in [6.07, 6.45) is 0. The van der Waals surface area contributed by atoms with Crippen molar-refractivity contribution < 1.29 is 0 Å². The van der Waals surface area contributed by atoms with Crippen LogP contribution in [0.1, 0.15) is 16.7 Å². The van der Waals surface area contributed by atoms with E-state index in [0.717, 1.165) is 13.1 Å². The number of benzene rings is 2. The van der Waals surface area contributed by atoms with Crippen molar-refractivity contribution in [3.05, 3.63) is 59.2 Å². The van der Waals surface area contributed by atoms with E-state index < -0.39 is 0 Å². The van der Waals surface area contributed by atoms with Crippen LogP contribution in [0.25, 0.3) is 0 Å². The van der Waals surface area contributed by atoms with E-state index >= 15 is 0 Å². The van der Waals surface area contributed by atoms with Gasteiger partial charge in [0.25, 0.3) is 0 Å². The number of nitrogens with one attached hydrogen (secondary N) is 2. The van der Waals surface area contributed by atoms with Crippen LogP contribution in [-0.2, 0) is 0 Å². The molecule has 0 aromatic heterocycles. The highest BCUT2D eigenvalue weighted by atomic mass is 14.9. The topological polar surface area (TPSA) is 24.1 Å². The van der Waals surface area contributed by atoms with Crippen LogP contribution in [0.5, 0.6) is 0 Å². The highest BCUT2D eigenvalue weighted by Crippen LogP contribution is 2.15. The molecule has 100 valence electrons. The zero-order valence-electron chi connectivity index (χ0n) is 12.0. The lowest BCUT2D eigenvalue weighted by Crippen LogP contribution is -2.14. The molecule has 0 aliphatic carbocycles. The van der Waals surface area contributed by atoms with E-state index in [9.17, 15) is 0 Å². The van der Waals surface area contributed by atoms with Gasteiger partial charge in [-0.05, 0) is 44.5 Å². The molecule has 2 aromatic rings. The van der Waals surface area contributed by atoms with Gasteiger partial charge in [-0.3, -0.25) is 0 Å². The Hall–Kier alpha value is -1.96. The van der Waals surface area contributed by atoms with Gasteiger partial charge in [-0.1, -0.05) is 35.4 Å². The molecule has 0 unspecified atom stereocenters. The third-order valence-corrected chi connectivity index (χ3v) is 3.20. The molecule has 0 bridgehead atoms. The maximum absolute atomic E-state index is 3.46. The first-order valence-electron chi connectivity index (χ1n) is 6.77. The van der Waals surface area contributed by atoms with Crippen molar-refractivity contribution in [2.45, 2.75) is 20.8 Å². The molecule has 0 saturated carbocycles. The zero-order valence-corrected chi connectivity index (χ0v) is 12.0. The Morgan fingerprint density at radius 2 is 1.37 bits per heavy atom. The van der Waals surface area contributed by atoms with Crippen LogP contribution in [0.2, 0.25) is 0 Å². The van der Waals surface area contributed by atoms with Crippen molar-refractivity contribution in [3.8, 4) is 0 Å². The Labute approximate surface area is 115 Å². The molecule has 0 fully saturated rings. The largest absolute Gasteiger partial charge is 0.383 e. The second-order valence-electron chi connectivity index (χ2n) is 5.04. The number of hydrogen-bond donors (Lipinski definition) is 2. The van der Waals surface area contributed by atoms with E-state index in [0.29, 0.717) is 0 Å². The lowest BCUT2D eigenvalue weighted by atomic mass is 10.1. The van der Waals surface area contributed by atoms with Crippen molar-refractivity contribution in [3.63, 3.8) is 0 Å². The van der Waals surface area contributed by atoms with Gasteiger partial charge in [0.15, 0.2) is 0 Å². The van der Waals surface area contributed by atoms with E-state index in [1.165, 1.54) is 28.1 Å². The van der Waals surface area contributed by atoms with Gasteiger partial charge < -0.3 is 10.6 Å². The highest BCUT2D eigenvalue weighted by molar-refractivity contribution is 5.52. The average molecular weight is 254 g/mol. The van der Waals surface area contributed by atoms with Gasteiger partial charge in [-0.25, -0.2) is 0 Å². The van der Waals surface area contributed by atoms with Gasteiger partial charge in [0.1, 0.15) is 0 Å². The SMILES string of the molecule is Cc1ccc(NCCNc2ccc(C)cc2C)cc1. The molecule has 0 spiro atoms. The third-order valence-electron chi connectivity index (χ3n) is 3.20. The van der Waals surface area contributed by atoms with Crippen molar-refractivity contribution in [2.75, 3.05) is 23.7 Å². The first kappa shape index (κ1) is 13.5. The quantitative estimate of drug-likeness (QED) is 0.784. The molecule has 0 radical (unpaired) electrons. The maximum Gasteiger partial charge on any atom is 0.0370 e. The Kier molecular flexibility index (Phi) is 4.45. The molecule has 0 aliphatic rings. The van der Waals surface area contributed by atoms with Crippen LogP contribution in [0, 0.1) is 20.8 Å². The maximum atomic E-state index is 3.46. The molecule has 2 heteroatoms. The summed E-state index contributed by atoms with van der Waals surface area (Å²) in [5.74, 6) is 0. The molecular formula is C17H22N2. The van der Waals surface area contributed by atoms with E-state index in [1.54, 1.807) is 0 Å². The first-order chi connectivity index (χ1) is 9.15. The van der Waals surface area contributed by atoms with E-state index in [4.69, 9.17) is 0 Å². The number of aryl methyl sites for hydroxylation is 3. The fourth-order valence-corrected chi connectivity index (χ4v) is 2.09. The van der Waals surface area contributed by atoms with Crippen molar-refractivity contribution in [2.24, 2.45) is 0 Å². The van der Waals surface area contributed by atoms with Crippen molar-refractivity contribution in [1.29, 1.82) is 0 Å². The Balaban J connectivity index is 1.79. The molecule has 2 rings (SSSR count). The van der Waals surface area contributed by atoms with Gasteiger partial charge >= 0.3 is 0 Å². The molecule has 0 saturated heterocycles. The molecule has 0 amide bonds. The lowest BCUT2D eigenvalue weighted by molar-refractivity contribution is 1.07.